The molecule has 132 valence electrons. The van der Waals surface area contributed by atoms with Crippen LogP contribution in [-0.2, 0) is 19.1 Å². The van der Waals surface area contributed by atoms with Crippen LogP contribution in [0, 0.1) is 5.92 Å². The van der Waals surface area contributed by atoms with Crippen molar-refractivity contribution in [2.75, 3.05) is 18.1 Å². The van der Waals surface area contributed by atoms with Gasteiger partial charge in [0.2, 0.25) is 0 Å². The number of benzene rings is 1. The molecule has 1 aromatic carbocycles. The van der Waals surface area contributed by atoms with Crippen molar-refractivity contribution in [3.63, 3.8) is 0 Å². The van der Waals surface area contributed by atoms with E-state index in [1.54, 1.807) is 24.3 Å². The van der Waals surface area contributed by atoms with Crippen molar-refractivity contribution in [1.29, 1.82) is 0 Å². The number of nitrogens with zero attached hydrogens (tertiary/aromatic N) is 1. The summed E-state index contributed by atoms with van der Waals surface area (Å²) >= 11 is 0. The van der Waals surface area contributed by atoms with E-state index in [9.17, 15) is 14.4 Å². The van der Waals surface area contributed by atoms with Crippen LogP contribution < -0.4 is 4.90 Å². The third-order valence-electron chi connectivity index (χ3n) is 5.03. The van der Waals surface area contributed by atoms with E-state index < -0.39 is 17.8 Å². The number of esters is 1. The van der Waals surface area contributed by atoms with Crippen LogP contribution in [0.5, 0.6) is 0 Å². The van der Waals surface area contributed by atoms with Gasteiger partial charge in [-0.25, -0.2) is 9.69 Å². The van der Waals surface area contributed by atoms with E-state index in [4.69, 9.17) is 9.47 Å². The number of anilines is 1. The number of ether oxygens (including phenoxy) is 2. The lowest BCUT2D eigenvalue weighted by Crippen LogP contribution is -2.56. The molecule has 3 rings (SSSR count). The fraction of sp³-hybridized carbons (Fsp3) is 0.421. The van der Waals surface area contributed by atoms with Crippen LogP contribution in [0.2, 0.25) is 0 Å². The van der Waals surface area contributed by atoms with Crippen LogP contribution in [0.3, 0.4) is 0 Å². The number of rotatable bonds is 6. The maximum Gasteiger partial charge on any atom is 0.338 e. The molecule has 6 nitrogen and oxygen atoms in total. The summed E-state index contributed by atoms with van der Waals surface area (Å²) < 4.78 is 11.1. The molecule has 2 heterocycles. The van der Waals surface area contributed by atoms with Gasteiger partial charge in [0, 0.05) is 18.1 Å². The molecule has 0 saturated carbocycles. The van der Waals surface area contributed by atoms with Crippen molar-refractivity contribution >= 4 is 23.5 Å². The van der Waals surface area contributed by atoms with Crippen molar-refractivity contribution in [3.8, 4) is 0 Å². The molecule has 0 aromatic heterocycles. The second-order valence-corrected chi connectivity index (χ2v) is 6.30. The highest BCUT2D eigenvalue weighted by Crippen LogP contribution is 2.38. The second-order valence-electron chi connectivity index (χ2n) is 6.30. The van der Waals surface area contributed by atoms with Crippen molar-refractivity contribution in [2.45, 2.75) is 32.3 Å². The van der Waals surface area contributed by atoms with Crippen molar-refractivity contribution < 1.29 is 23.9 Å². The van der Waals surface area contributed by atoms with Gasteiger partial charge in [0.25, 0.3) is 11.8 Å². The standard InChI is InChI=1S/C19H21NO5/c1-3-14-11-25-19(14,4-2)12-24-18(23)13-5-7-15(8-6-13)20-16(21)9-10-17(20)22/h5-10,14H,3-4,11-12H2,1-2H3. The maximum absolute atomic E-state index is 12.3. The Labute approximate surface area is 146 Å². The fourth-order valence-corrected chi connectivity index (χ4v) is 3.25. The number of hydrogen-bond acceptors (Lipinski definition) is 5. The molecule has 2 unspecified atom stereocenters. The Morgan fingerprint density at radius 3 is 2.32 bits per heavy atom. The minimum absolute atomic E-state index is 0.232. The minimum Gasteiger partial charge on any atom is -0.459 e. The monoisotopic (exact) mass is 343 g/mol. The van der Waals surface area contributed by atoms with Gasteiger partial charge in [0.1, 0.15) is 12.2 Å². The first-order valence-electron chi connectivity index (χ1n) is 8.48. The number of carbonyl (C=O) groups is 3. The molecule has 0 N–H and O–H groups in total. The predicted molar refractivity (Wildman–Crippen MR) is 91.1 cm³/mol. The first-order chi connectivity index (χ1) is 12.0. The molecule has 2 aliphatic heterocycles. The van der Waals surface area contributed by atoms with Crippen LogP contribution in [0.1, 0.15) is 37.0 Å². The highest BCUT2D eigenvalue weighted by atomic mass is 16.6. The van der Waals surface area contributed by atoms with Gasteiger partial charge in [-0.3, -0.25) is 9.59 Å². The third kappa shape index (κ3) is 3.09. The summed E-state index contributed by atoms with van der Waals surface area (Å²) in [7, 11) is 0. The molecule has 2 atom stereocenters. The highest BCUT2D eigenvalue weighted by Gasteiger charge is 2.47. The van der Waals surface area contributed by atoms with Gasteiger partial charge in [-0.05, 0) is 37.1 Å². The normalized spacial score (nSPS) is 25.2. The van der Waals surface area contributed by atoms with Gasteiger partial charge >= 0.3 is 5.97 Å². The molecule has 0 aliphatic carbocycles. The Bertz CT molecular complexity index is 700. The van der Waals surface area contributed by atoms with Gasteiger partial charge in [0.15, 0.2) is 0 Å². The molecule has 6 heteroatoms. The molecule has 2 amide bonds. The summed E-state index contributed by atoms with van der Waals surface area (Å²) in [6, 6.07) is 6.22. The largest absolute Gasteiger partial charge is 0.459 e. The molecular weight excluding hydrogens is 322 g/mol. The summed E-state index contributed by atoms with van der Waals surface area (Å²) in [6.45, 7) is 5.08. The van der Waals surface area contributed by atoms with Crippen LogP contribution in [-0.4, -0.2) is 36.6 Å². The van der Waals surface area contributed by atoms with E-state index in [1.165, 1.54) is 12.2 Å². The Morgan fingerprint density at radius 2 is 1.84 bits per heavy atom. The lowest BCUT2D eigenvalue weighted by Gasteiger charge is -2.48. The quantitative estimate of drug-likeness (QED) is 0.586. The lowest BCUT2D eigenvalue weighted by molar-refractivity contribution is -0.224. The average molecular weight is 343 g/mol. The van der Waals surface area contributed by atoms with Crippen LogP contribution in [0.25, 0.3) is 0 Å². The molecule has 1 aromatic rings. The SMILES string of the molecule is CCC1COC1(CC)COC(=O)c1ccc(N2C(=O)C=CC2=O)cc1. The van der Waals surface area contributed by atoms with Crippen molar-refractivity contribution in [1.82, 2.24) is 0 Å². The molecule has 0 radical (unpaired) electrons. The Hall–Kier alpha value is -2.47. The molecule has 1 saturated heterocycles. The van der Waals surface area contributed by atoms with E-state index in [-0.39, 0.29) is 12.2 Å². The van der Waals surface area contributed by atoms with E-state index >= 15 is 0 Å². The van der Waals surface area contributed by atoms with Crippen LogP contribution in [0.4, 0.5) is 5.69 Å². The smallest absolute Gasteiger partial charge is 0.338 e. The molecule has 0 spiro atoms. The van der Waals surface area contributed by atoms with Crippen molar-refractivity contribution in [3.05, 3.63) is 42.0 Å². The first-order valence-corrected chi connectivity index (χ1v) is 8.48. The fourth-order valence-electron chi connectivity index (χ4n) is 3.25. The minimum atomic E-state index is -0.443. The Balaban J connectivity index is 1.63. The zero-order valence-corrected chi connectivity index (χ0v) is 14.4. The molecule has 1 fully saturated rings. The number of imide groups is 1. The summed E-state index contributed by atoms with van der Waals surface area (Å²) in [5.74, 6) is -0.815. The van der Waals surface area contributed by atoms with Gasteiger partial charge < -0.3 is 9.47 Å². The van der Waals surface area contributed by atoms with E-state index in [0.29, 0.717) is 23.8 Å². The molecular formula is C19H21NO5. The van der Waals surface area contributed by atoms with E-state index in [1.807, 2.05) is 6.92 Å². The second kappa shape index (κ2) is 6.80. The summed E-state index contributed by atoms with van der Waals surface area (Å²) in [6.07, 6.45) is 4.23. The van der Waals surface area contributed by atoms with Crippen LogP contribution in [0.15, 0.2) is 36.4 Å². The summed E-state index contributed by atoms with van der Waals surface area (Å²) in [5.41, 5.74) is 0.425. The van der Waals surface area contributed by atoms with Crippen LogP contribution >= 0.6 is 0 Å². The zero-order chi connectivity index (χ0) is 18.0. The van der Waals surface area contributed by atoms with E-state index in [2.05, 4.69) is 6.92 Å². The number of amides is 2. The van der Waals surface area contributed by atoms with Gasteiger partial charge in [-0.1, -0.05) is 13.8 Å². The van der Waals surface area contributed by atoms with E-state index in [0.717, 1.165) is 17.7 Å². The third-order valence-corrected chi connectivity index (χ3v) is 5.03. The highest BCUT2D eigenvalue weighted by molar-refractivity contribution is 6.28. The van der Waals surface area contributed by atoms with Gasteiger partial charge in [-0.2, -0.15) is 0 Å². The van der Waals surface area contributed by atoms with Gasteiger partial charge in [-0.15, -0.1) is 0 Å². The van der Waals surface area contributed by atoms with Crippen molar-refractivity contribution in [2.24, 2.45) is 5.92 Å². The average Bonchev–Trinajstić information content (AvgIpc) is 2.94. The maximum atomic E-state index is 12.3. The lowest BCUT2D eigenvalue weighted by atomic mass is 9.79. The van der Waals surface area contributed by atoms with Gasteiger partial charge in [0.05, 0.1) is 17.9 Å². The summed E-state index contributed by atoms with van der Waals surface area (Å²) in [4.78, 5) is 36.6. The zero-order valence-electron chi connectivity index (χ0n) is 14.4. The Morgan fingerprint density at radius 1 is 1.20 bits per heavy atom. The molecule has 2 aliphatic rings. The summed E-state index contributed by atoms with van der Waals surface area (Å²) in [5, 5.41) is 0. The number of carbonyl (C=O) groups excluding carboxylic acids is 3. The Kier molecular flexibility index (Phi) is 4.72. The first kappa shape index (κ1) is 17.4. The molecule has 25 heavy (non-hydrogen) atoms. The predicted octanol–water partition coefficient (Wildman–Crippen LogP) is 2.48. The molecule has 0 bridgehead atoms. The topological polar surface area (TPSA) is 72.9 Å². The number of hydrogen-bond donors (Lipinski definition) is 0.